The van der Waals surface area contributed by atoms with E-state index in [1.54, 1.807) is 54.7 Å². The number of pyridine rings is 1. The van der Waals surface area contributed by atoms with Gasteiger partial charge in [0.25, 0.3) is 11.8 Å². The number of nitrogens with one attached hydrogen (secondary N) is 2. The summed E-state index contributed by atoms with van der Waals surface area (Å²) in [5, 5.41) is 15.8. The molecule has 0 unspecified atom stereocenters. The average Bonchev–Trinajstić information content (AvgIpc) is 3.10. The number of benzene rings is 3. The first-order valence-corrected chi connectivity index (χ1v) is 15.0. The van der Waals surface area contributed by atoms with Gasteiger partial charge in [0.2, 0.25) is 5.88 Å². The molecular weight excluding hydrogens is 605 g/mol. The summed E-state index contributed by atoms with van der Waals surface area (Å²) in [6.07, 6.45) is 1.49. The lowest BCUT2D eigenvalue weighted by molar-refractivity contribution is -0.123. The van der Waals surface area contributed by atoms with E-state index in [9.17, 15) is 14.9 Å². The largest absolute Gasteiger partial charge is 0.496 e. The van der Waals surface area contributed by atoms with Crippen molar-refractivity contribution in [2.45, 2.75) is 25.1 Å². The number of rotatable bonds is 3. The van der Waals surface area contributed by atoms with Crippen molar-refractivity contribution >= 4 is 17.5 Å². The van der Waals surface area contributed by atoms with Crippen LogP contribution in [-0.4, -0.2) is 62.9 Å². The summed E-state index contributed by atoms with van der Waals surface area (Å²) < 4.78 is 38.3. The Morgan fingerprint density at radius 3 is 2.68 bits per heavy atom. The van der Waals surface area contributed by atoms with Gasteiger partial charge < -0.3 is 34.5 Å². The summed E-state index contributed by atoms with van der Waals surface area (Å²) in [5.41, 5.74) is 2.72. The van der Waals surface area contributed by atoms with Crippen molar-refractivity contribution in [3.8, 4) is 40.3 Å². The second-order valence-electron chi connectivity index (χ2n) is 11.1. The standard InChI is InChI=1S/C35H32FN5O6/c1-44-32-16-25-8-6-23(32)18-39-33(42)20-46-24-5-3-4-21(14-24)22-7-9-28(36)26(15-22)34(43)40-29-19-41(13-11-31(29)47-25)30-10-12-38-35(45-2)27(30)17-37/h3-10,12,14-16,29,31H,11,13,18-20H2,1-2H3,(H,39,42)(H,40,43)/t29-,31+/m1/s1. The van der Waals surface area contributed by atoms with E-state index in [1.807, 2.05) is 11.0 Å². The van der Waals surface area contributed by atoms with Crippen LogP contribution in [0.3, 0.4) is 0 Å². The molecule has 4 heterocycles. The van der Waals surface area contributed by atoms with Crippen molar-refractivity contribution in [2.75, 3.05) is 38.8 Å². The number of nitriles is 1. The number of carbonyl (C=O) groups is 2. The van der Waals surface area contributed by atoms with Gasteiger partial charge in [0.1, 0.15) is 40.8 Å². The maximum Gasteiger partial charge on any atom is 0.258 e. The quantitative estimate of drug-likeness (QED) is 0.338. The van der Waals surface area contributed by atoms with Crippen LogP contribution in [0.1, 0.15) is 27.9 Å². The molecule has 12 heteroatoms. The van der Waals surface area contributed by atoms with E-state index in [0.29, 0.717) is 47.0 Å². The number of aromatic nitrogens is 1. The first-order valence-electron chi connectivity index (χ1n) is 15.0. The molecule has 47 heavy (non-hydrogen) atoms. The molecule has 3 aromatic carbocycles. The number of carbonyl (C=O) groups excluding carboxylic acids is 2. The predicted molar refractivity (Wildman–Crippen MR) is 170 cm³/mol. The second kappa shape index (κ2) is 13.7. The molecule has 1 fully saturated rings. The molecule has 0 radical (unpaired) electrons. The number of ether oxygens (including phenoxy) is 4. The Hall–Kier alpha value is -5.83. The minimum atomic E-state index is -0.687. The lowest BCUT2D eigenvalue weighted by atomic mass is 9.98. The van der Waals surface area contributed by atoms with E-state index in [1.165, 1.54) is 26.4 Å². The monoisotopic (exact) mass is 637 g/mol. The number of fused-ring (bicyclic) bond motifs is 7. The molecule has 3 aliphatic rings. The Bertz CT molecular complexity index is 1860. The summed E-state index contributed by atoms with van der Waals surface area (Å²) in [7, 11) is 2.97. The highest BCUT2D eigenvalue weighted by Gasteiger charge is 2.34. The van der Waals surface area contributed by atoms with Crippen molar-refractivity contribution in [3.05, 3.63) is 95.4 Å². The Labute approximate surface area is 270 Å². The Morgan fingerprint density at radius 1 is 1.02 bits per heavy atom. The number of methoxy groups -OCH3 is 2. The molecule has 1 aromatic heterocycles. The molecule has 3 aliphatic heterocycles. The first-order chi connectivity index (χ1) is 22.9. The van der Waals surface area contributed by atoms with Gasteiger partial charge in [-0.15, -0.1) is 0 Å². The fourth-order valence-electron chi connectivity index (χ4n) is 5.79. The summed E-state index contributed by atoms with van der Waals surface area (Å²) in [4.78, 5) is 32.5. The number of piperidine rings is 1. The maximum atomic E-state index is 15.2. The number of hydrogen-bond acceptors (Lipinski definition) is 9. The van der Waals surface area contributed by atoms with Crippen molar-refractivity contribution in [1.29, 1.82) is 5.26 Å². The molecule has 6 bridgehead atoms. The summed E-state index contributed by atoms with van der Waals surface area (Å²) in [6.45, 7) is 0.729. The molecule has 1 saturated heterocycles. The van der Waals surface area contributed by atoms with Crippen LogP contribution in [0, 0.1) is 17.1 Å². The molecule has 7 rings (SSSR count). The Balaban J connectivity index is 1.39. The zero-order valence-electron chi connectivity index (χ0n) is 25.8. The van der Waals surface area contributed by atoms with Crippen LogP contribution in [0.4, 0.5) is 10.1 Å². The lowest BCUT2D eigenvalue weighted by Gasteiger charge is -2.40. The van der Waals surface area contributed by atoms with Crippen LogP contribution >= 0.6 is 0 Å². The zero-order chi connectivity index (χ0) is 32.9. The van der Waals surface area contributed by atoms with Crippen molar-refractivity contribution in [3.63, 3.8) is 0 Å². The Morgan fingerprint density at radius 2 is 1.87 bits per heavy atom. The first kappa shape index (κ1) is 31.2. The number of nitrogens with zero attached hydrogens (tertiary/aromatic N) is 3. The van der Waals surface area contributed by atoms with E-state index >= 15 is 4.39 Å². The molecule has 2 N–H and O–H groups in total. The summed E-state index contributed by atoms with van der Waals surface area (Å²) >= 11 is 0. The van der Waals surface area contributed by atoms with Gasteiger partial charge in [-0.1, -0.05) is 18.2 Å². The van der Waals surface area contributed by atoms with E-state index < -0.39 is 23.9 Å². The molecule has 0 aliphatic carbocycles. The second-order valence-corrected chi connectivity index (χ2v) is 11.1. The van der Waals surface area contributed by atoms with Gasteiger partial charge in [-0.05, 0) is 53.6 Å². The van der Waals surface area contributed by atoms with E-state index in [4.69, 9.17) is 18.9 Å². The fourth-order valence-corrected chi connectivity index (χ4v) is 5.79. The number of halogens is 1. The van der Waals surface area contributed by atoms with Crippen LogP contribution in [0.2, 0.25) is 0 Å². The van der Waals surface area contributed by atoms with Gasteiger partial charge in [0.15, 0.2) is 6.61 Å². The molecule has 0 saturated carbocycles. The Kier molecular flexibility index (Phi) is 9.06. The van der Waals surface area contributed by atoms with Gasteiger partial charge in [0.05, 0.1) is 31.5 Å². The molecule has 0 spiro atoms. The smallest absolute Gasteiger partial charge is 0.258 e. The highest BCUT2D eigenvalue weighted by molar-refractivity contribution is 5.96. The van der Waals surface area contributed by atoms with Crippen LogP contribution < -0.4 is 34.5 Å². The fraction of sp³-hybridized carbons (Fsp3) is 0.257. The van der Waals surface area contributed by atoms with E-state index in [2.05, 4.69) is 21.7 Å². The lowest BCUT2D eigenvalue weighted by Crippen LogP contribution is -2.57. The zero-order valence-corrected chi connectivity index (χ0v) is 25.8. The van der Waals surface area contributed by atoms with Gasteiger partial charge in [-0.3, -0.25) is 9.59 Å². The average molecular weight is 638 g/mol. The molecular formula is C35H32FN5O6. The SMILES string of the molecule is COc1cc2ccc1CNC(=O)COc1cccc(c1)-c1ccc(F)c(c1)C(=O)N[C@@H]1CN(c3ccnc(OC)c3C#N)CC[C@@H]1O2. The normalized spacial score (nSPS) is 18.0. The van der Waals surface area contributed by atoms with E-state index in [-0.39, 0.29) is 42.6 Å². The third kappa shape index (κ3) is 6.74. The van der Waals surface area contributed by atoms with Gasteiger partial charge in [-0.25, -0.2) is 9.37 Å². The van der Waals surface area contributed by atoms with Gasteiger partial charge >= 0.3 is 0 Å². The number of hydrogen-bond donors (Lipinski definition) is 2. The third-order valence-corrected chi connectivity index (χ3v) is 8.18. The third-order valence-electron chi connectivity index (χ3n) is 8.18. The van der Waals surface area contributed by atoms with Crippen LogP contribution in [-0.2, 0) is 11.3 Å². The minimum Gasteiger partial charge on any atom is -0.496 e. The van der Waals surface area contributed by atoms with Crippen LogP contribution in [0.15, 0.2) is 72.9 Å². The van der Waals surface area contributed by atoms with Gasteiger partial charge in [0, 0.05) is 43.9 Å². The highest BCUT2D eigenvalue weighted by atomic mass is 19.1. The highest BCUT2D eigenvalue weighted by Crippen LogP contribution is 2.32. The van der Waals surface area contributed by atoms with Crippen molar-refractivity contribution < 1.29 is 32.9 Å². The molecule has 240 valence electrons. The number of amides is 2. The summed E-state index contributed by atoms with van der Waals surface area (Å²) in [5.74, 6) is -0.00415. The van der Waals surface area contributed by atoms with Crippen LogP contribution in [0.25, 0.3) is 11.1 Å². The predicted octanol–water partition coefficient (Wildman–Crippen LogP) is 4.24. The van der Waals surface area contributed by atoms with Gasteiger partial charge in [-0.2, -0.15) is 5.26 Å². The molecule has 4 aromatic rings. The topological polar surface area (TPSA) is 135 Å². The minimum absolute atomic E-state index is 0.146. The van der Waals surface area contributed by atoms with Crippen LogP contribution in [0.5, 0.6) is 23.1 Å². The maximum absolute atomic E-state index is 15.2. The van der Waals surface area contributed by atoms with E-state index in [0.717, 1.165) is 5.56 Å². The molecule has 2 atom stereocenters. The number of anilines is 1. The molecule has 2 amide bonds. The molecule has 11 nitrogen and oxygen atoms in total. The van der Waals surface area contributed by atoms with Crippen molar-refractivity contribution in [1.82, 2.24) is 15.6 Å². The summed E-state index contributed by atoms with van der Waals surface area (Å²) in [6, 6.07) is 19.9. The van der Waals surface area contributed by atoms with Crippen molar-refractivity contribution in [2.24, 2.45) is 0 Å².